The van der Waals surface area contributed by atoms with Crippen LogP contribution < -0.4 is 0 Å². The van der Waals surface area contributed by atoms with Crippen LogP contribution in [0.25, 0.3) is 0 Å². The third-order valence-electron chi connectivity index (χ3n) is 5.25. The van der Waals surface area contributed by atoms with Gasteiger partial charge in [0.25, 0.3) is 0 Å². The summed E-state index contributed by atoms with van der Waals surface area (Å²) in [7, 11) is 0. The predicted octanol–water partition coefficient (Wildman–Crippen LogP) is 8.22. The second-order valence-corrected chi connectivity index (χ2v) is 7.98. The first-order valence-corrected chi connectivity index (χ1v) is 12.0. The van der Waals surface area contributed by atoms with Crippen molar-refractivity contribution in [1.29, 1.82) is 0 Å². The molecule has 0 amide bonds. The molecular weight excluding hydrogens is 345 g/mol. The number of ether oxygens (including phenoxy) is 1. The van der Waals surface area contributed by atoms with E-state index in [4.69, 9.17) is 4.74 Å². The minimum absolute atomic E-state index is 0. The van der Waals surface area contributed by atoms with E-state index in [-0.39, 0.29) is 31.9 Å². The molecule has 0 aliphatic rings. The summed E-state index contributed by atoms with van der Waals surface area (Å²) < 4.78 is 5.35. The molecule has 0 spiro atoms. The summed E-state index contributed by atoms with van der Waals surface area (Å²) in [6.07, 6.45) is 25.5. The van der Waals surface area contributed by atoms with Gasteiger partial charge in [0, 0.05) is 6.42 Å². The monoisotopic (exact) mass is 394 g/mol. The number of unbranched alkanes of at least 4 members (excludes halogenated alkanes) is 17. The fourth-order valence-corrected chi connectivity index (χ4v) is 3.43. The molecule has 0 aliphatic carbocycles. The van der Waals surface area contributed by atoms with Gasteiger partial charge < -0.3 is 7.59 Å². The Labute approximate surface area is 190 Å². The van der Waals surface area contributed by atoms with E-state index in [1.807, 2.05) is 0 Å². The van der Waals surface area contributed by atoms with Crippen LogP contribution in [0.3, 0.4) is 0 Å². The Kier molecular flexibility index (Phi) is 28.6. The summed E-state index contributed by atoms with van der Waals surface area (Å²) >= 11 is 0. The standard InChI is InChI=1S/C24H48O2.Mg.2H/c1-3-5-7-9-11-13-15-17-19-21-23-26-24(25)22-20-18-16-14-12-10-8-6-4-2;;;/h3-23H2,1-2H3;;;/q;+2;2*-1. The molecule has 2 nitrogen and oxygen atoms in total. The Morgan fingerprint density at radius 2 is 0.889 bits per heavy atom. The number of carbonyl (C=O) groups excluding carboxylic acids is 1. The Morgan fingerprint density at radius 3 is 1.30 bits per heavy atom. The van der Waals surface area contributed by atoms with E-state index in [2.05, 4.69) is 13.8 Å². The summed E-state index contributed by atoms with van der Waals surface area (Å²) in [5, 5.41) is 0. The largest absolute Gasteiger partial charge is 2.00 e. The van der Waals surface area contributed by atoms with E-state index in [0.29, 0.717) is 13.0 Å². The molecule has 0 aromatic heterocycles. The minimum Gasteiger partial charge on any atom is -1.00 e. The second kappa shape index (κ2) is 26.2. The van der Waals surface area contributed by atoms with Gasteiger partial charge in [-0.3, -0.25) is 4.79 Å². The molecule has 0 radical (unpaired) electrons. The first-order chi connectivity index (χ1) is 12.8. The van der Waals surface area contributed by atoms with Crippen molar-refractivity contribution < 1.29 is 12.4 Å². The normalized spacial score (nSPS) is 10.6. The number of rotatable bonds is 21. The topological polar surface area (TPSA) is 26.3 Å². The van der Waals surface area contributed by atoms with Crippen molar-refractivity contribution in [2.24, 2.45) is 0 Å². The van der Waals surface area contributed by atoms with Crippen LogP contribution in [-0.2, 0) is 9.53 Å². The summed E-state index contributed by atoms with van der Waals surface area (Å²) in [5.41, 5.74) is 0. The van der Waals surface area contributed by atoms with E-state index in [0.717, 1.165) is 12.8 Å². The van der Waals surface area contributed by atoms with Gasteiger partial charge in [0.15, 0.2) is 0 Å². The average molecular weight is 395 g/mol. The molecule has 0 heterocycles. The van der Waals surface area contributed by atoms with Crippen molar-refractivity contribution in [3.8, 4) is 0 Å². The van der Waals surface area contributed by atoms with Crippen LogP contribution >= 0.6 is 0 Å². The Bertz CT molecular complexity index is 292. The van der Waals surface area contributed by atoms with Crippen LogP contribution in [0, 0.1) is 0 Å². The first-order valence-electron chi connectivity index (χ1n) is 12.0. The zero-order valence-corrected chi connectivity index (χ0v) is 20.3. The maximum Gasteiger partial charge on any atom is 2.00 e. The van der Waals surface area contributed by atoms with E-state index >= 15 is 0 Å². The average Bonchev–Trinajstić information content (AvgIpc) is 2.64. The third kappa shape index (κ3) is 26.2. The molecule has 0 unspecified atom stereocenters. The van der Waals surface area contributed by atoms with Crippen LogP contribution in [0.2, 0.25) is 0 Å². The van der Waals surface area contributed by atoms with Crippen molar-refractivity contribution in [2.45, 2.75) is 142 Å². The molecule has 0 rings (SSSR count). The molecule has 0 N–H and O–H groups in total. The van der Waals surface area contributed by atoms with E-state index in [9.17, 15) is 4.79 Å². The van der Waals surface area contributed by atoms with Gasteiger partial charge in [0.1, 0.15) is 0 Å². The van der Waals surface area contributed by atoms with E-state index < -0.39 is 0 Å². The molecule has 0 saturated heterocycles. The van der Waals surface area contributed by atoms with Crippen molar-refractivity contribution in [3.05, 3.63) is 0 Å². The van der Waals surface area contributed by atoms with Gasteiger partial charge >= 0.3 is 29.0 Å². The third-order valence-corrected chi connectivity index (χ3v) is 5.25. The first kappa shape index (κ1) is 29.4. The fourth-order valence-electron chi connectivity index (χ4n) is 3.43. The van der Waals surface area contributed by atoms with Crippen molar-refractivity contribution >= 4 is 29.0 Å². The van der Waals surface area contributed by atoms with Crippen LogP contribution in [0.15, 0.2) is 0 Å². The predicted molar refractivity (Wildman–Crippen MR) is 123 cm³/mol. The van der Waals surface area contributed by atoms with Crippen LogP contribution in [-0.4, -0.2) is 35.6 Å². The Morgan fingerprint density at radius 1 is 0.556 bits per heavy atom. The minimum atomic E-state index is 0. The van der Waals surface area contributed by atoms with Crippen LogP contribution in [0.4, 0.5) is 0 Å². The molecule has 0 atom stereocenters. The maximum absolute atomic E-state index is 11.7. The molecular formula is C24H50MgO2. The Hall–Kier alpha value is 0.236. The summed E-state index contributed by atoms with van der Waals surface area (Å²) in [4.78, 5) is 11.7. The number of carbonyl (C=O) groups is 1. The van der Waals surface area contributed by atoms with Crippen LogP contribution in [0.1, 0.15) is 145 Å². The van der Waals surface area contributed by atoms with Gasteiger partial charge in [-0.15, -0.1) is 0 Å². The van der Waals surface area contributed by atoms with Gasteiger partial charge in [-0.2, -0.15) is 0 Å². The summed E-state index contributed by atoms with van der Waals surface area (Å²) in [5.74, 6) is 0.0175. The SMILES string of the molecule is CCCCCCCCCCCCOC(=O)CCCCCCCCCCC.[H-].[H-].[Mg+2]. The number of hydrogen-bond acceptors (Lipinski definition) is 2. The smallest absolute Gasteiger partial charge is 1.00 e. The van der Waals surface area contributed by atoms with E-state index in [1.165, 1.54) is 109 Å². The fraction of sp³-hybridized carbons (Fsp3) is 0.958. The maximum atomic E-state index is 11.7. The molecule has 0 saturated carbocycles. The van der Waals surface area contributed by atoms with Crippen molar-refractivity contribution in [1.82, 2.24) is 0 Å². The molecule has 27 heavy (non-hydrogen) atoms. The summed E-state index contributed by atoms with van der Waals surface area (Å²) in [6.45, 7) is 5.16. The van der Waals surface area contributed by atoms with E-state index in [1.54, 1.807) is 0 Å². The zero-order chi connectivity index (χ0) is 19.1. The molecule has 160 valence electrons. The molecule has 0 bridgehead atoms. The Balaban J connectivity index is -0.00000104. The summed E-state index contributed by atoms with van der Waals surface area (Å²) in [6, 6.07) is 0. The van der Waals surface area contributed by atoms with Crippen molar-refractivity contribution in [2.75, 3.05) is 6.61 Å². The quantitative estimate of drug-likeness (QED) is 0.111. The molecule has 0 fully saturated rings. The zero-order valence-electron chi connectivity index (χ0n) is 20.9. The number of esters is 1. The van der Waals surface area contributed by atoms with Crippen LogP contribution in [0.5, 0.6) is 0 Å². The number of hydrogen-bond donors (Lipinski definition) is 0. The van der Waals surface area contributed by atoms with Gasteiger partial charge in [-0.25, -0.2) is 0 Å². The molecule has 0 aliphatic heterocycles. The molecule has 3 heteroatoms. The molecule has 0 aromatic rings. The second-order valence-electron chi connectivity index (χ2n) is 7.98. The van der Waals surface area contributed by atoms with Gasteiger partial charge in [0.2, 0.25) is 0 Å². The van der Waals surface area contributed by atoms with Gasteiger partial charge in [-0.1, -0.05) is 123 Å². The van der Waals surface area contributed by atoms with Gasteiger partial charge in [0.05, 0.1) is 6.61 Å². The molecule has 0 aromatic carbocycles. The van der Waals surface area contributed by atoms with Gasteiger partial charge in [-0.05, 0) is 12.8 Å². The van der Waals surface area contributed by atoms with Crippen molar-refractivity contribution in [3.63, 3.8) is 0 Å².